The average Bonchev–Trinajstić information content (AvgIpc) is 2.28. The van der Waals surface area contributed by atoms with Crippen LogP contribution in [-0.2, 0) is 11.2 Å². The van der Waals surface area contributed by atoms with E-state index in [1.54, 1.807) is 13.8 Å². The van der Waals surface area contributed by atoms with E-state index in [-0.39, 0.29) is 17.9 Å². The first-order valence-corrected chi connectivity index (χ1v) is 5.40. The molecule has 1 rings (SSSR count). The van der Waals surface area contributed by atoms with Gasteiger partial charge in [-0.25, -0.2) is 0 Å². The maximum absolute atomic E-state index is 11.1. The second-order valence-electron chi connectivity index (χ2n) is 4.71. The molecule has 0 aromatic heterocycles. The monoisotopic (exact) mass is 252 g/mol. The van der Waals surface area contributed by atoms with Gasteiger partial charge in [-0.2, -0.15) is 0 Å². The van der Waals surface area contributed by atoms with Crippen molar-refractivity contribution in [1.82, 2.24) is 0 Å². The summed E-state index contributed by atoms with van der Waals surface area (Å²) in [5.74, 6) is -0.886. The zero-order valence-electron chi connectivity index (χ0n) is 10.6. The molecule has 0 aliphatic carbocycles. The van der Waals surface area contributed by atoms with Gasteiger partial charge in [0, 0.05) is 5.56 Å². The van der Waals surface area contributed by atoms with Crippen molar-refractivity contribution >= 4 is 12.3 Å². The van der Waals surface area contributed by atoms with Crippen molar-refractivity contribution in [2.24, 2.45) is 5.41 Å². The highest BCUT2D eigenvalue weighted by Crippen LogP contribution is 2.32. The number of aromatic hydroxyl groups is 1. The molecule has 0 unspecified atom stereocenters. The number of hydrogen-bond donors (Lipinski definition) is 2. The second-order valence-corrected chi connectivity index (χ2v) is 4.71. The first-order chi connectivity index (χ1) is 8.31. The lowest BCUT2D eigenvalue weighted by molar-refractivity contribution is -0.146. The Morgan fingerprint density at radius 3 is 2.50 bits per heavy atom. The number of carboxylic acids is 1. The summed E-state index contributed by atoms with van der Waals surface area (Å²) in [6, 6.07) is 2.77. The Balaban J connectivity index is 3.21. The fourth-order valence-electron chi connectivity index (χ4n) is 1.61. The van der Waals surface area contributed by atoms with E-state index in [9.17, 15) is 14.7 Å². The molecule has 0 saturated heterocycles. The summed E-state index contributed by atoms with van der Waals surface area (Å²) in [4.78, 5) is 22.0. The van der Waals surface area contributed by atoms with Crippen LogP contribution in [0.15, 0.2) is 12.1 Å². The van der Waals surface area contributed by atoms with Crippen LogP contribution in [0.3, 0.4) is 0 Å². The van der Waals surface area contributed by atoms with Gasteiger partial charge >= 0.3 is 5.97 Å². The maximum Gasteiger partial charge on any atom is 0.309 e. The van der Waals surface area contributed by atoms with Crippen LogP contribution >= 0.6 is 0 Å². The minimum atomic E-state index is -1.02. The van der Waals surface area contributed by atoms with E-state index in [2.05, 4.69) is 0 Å². The van der Waals surface area contributed by atoms with Gasteiger partial charge in [-0.05, 0) is 38.0 Å². The Kier molecular flexibility index (Phi) is 3.96. The zero-order valence-corrected chi connectivity index (χ0v) is 10.6. The molecule has 0 spiro atoms. The van der Waals surface area contributed by atoms with Gasteiger partial charge in [0.1, 0.15) is 6.29 Å². The third-order valence-corrected chi connectivity index (χ3v) is 2.78. The van der Waals surface area contributed by atoms with Crippen LogP contribution in [0.5, 0.6) is 11.5 Å². The van der Waals surface area contributed by atoms with Crippen LogP contribution in [0.1, 0.15) is 29.8 Å². The molecule has 0 bridgehead atoms. The Hall–Kier alpha value is -2.04. The number of phenolic OH excluding ortho intramolecular Hbond substituents is 1. The van der Waals surface area contributed by atoms with E-state index in [0.29, 0.717) is 17.4 Å². The van der Waals surface area contributed by atoms with Gasteiger partial charge in [0.25, 0.3) is 0 Å². The summed E-state index contributed by atoms with van der Waals surface area (Å²) < 4.78 is 4.89. The molecule has 0 amide bonds. The number of benzene rings is 1. The third kappa shape index (κ3) is 2.80. The number of aldehydes is 1. The fraction of sp³-hybridized carbons (Fsp3) is 0.385. The Labute approximate surface area is 105 Å². The van der Waals surface area contributed by atoms with Crippen molar-refractivity contribution in [3.8, 4) is 11.5 Å². The van der Waals surface area contributed by atoms with Crippen molar-refractivity contribution in [1.29, 1.82) is 0 Å². The second kappa shape index (κ2) is 5.08. The first kappa shape index (κ1) is 14.0. The first-order valence-electron chi connectivity index (χ1n) is 5.40. The molecule has 18 heavy (non-hydrogen) atoms. The predicted octanol–water partition coefficient (Wildman–Crippen LogP) is 1.87. The highest BCUT2D eigenvalue weighted by molar-refractivity contribution is 5.80. The van der Waals surface area contributed by atoms with Gasteiger partial charge < -0.3 is 14.9 Å². The Morgan fingerprint density at radius 2 is 2.06 bits per heavy atom. The molecule has 0 atom stereocenters. The van der Waals surface area contributed by atoms with Crippen molar-refractivity contribution in [3.63, 3.8) is 0 Å². The number of hydrogen-bond acceptors (Lipinski definition) is 4. The minimum absolute atomic E-state index is 0.112. The molecule has 0 saturated carbocycles. The van der Waals surface area contributed by atoms with Gasteiger partial charge in [-0.15, -0.1) is 0 Å². The van der Waals surface area contributed by atoms with Crippen molar-refractivity contribution in [2.45, 2.75) is 20.3 Å². The smallest absolute Gasteiger partial charge is 0.309 e. The maximum atomic E-state index is 11.1. The number of rotatable bonds is 5. The number of ether oxygens (including phenoxy) is 1. The summed E-state index contributed by atoms with van der Waals surface area (Å²) in [7, 11) is 1.38. The molecule has 2 N–H and O–H groups in total. The molecule has 1 aromatic carbocycles. The van der Waals surface area contributed by atoms with Gasteiger partial charge in [-0.3, -0.25) is 9.59 Å². The number of aliphatic carboxylic acids is 1. The molecule has 5 heteroatoms. The van der Waals surface area contributed by atoms with E-state index in [1.807, 2.05) is 0 Å². The lowest BCUT2D eigenvalue weighted by atomic mass is 9.84. The van der Waals surface area contributed by atoms with Crippen LogP contribution in [-0.4, -0.2) is 29.6 Å². The van der Waals surface area contributed by atoms with E-state index in [1.165, 1.54) is 19.2 Å². The number of phenols is 1. The molecule has 0 aliphatic heterocycles. The number of carbonyl (C=O) groups excluding carboxylic acids is 1. The van der Waals surface area contributed by atoms with Gasteiger partial charge in [0.05, 0.1) is 12.5 Å². The van der Waals surface area contributed by atoms with Crippen LogP contribution in [0, 0.1) is 5.41 Å². The van der Waals surface area contributed by atoms with Gasteiger partial charge in [-0.1, -0.05) is 0 Å². The summed E-state index contributed by atoms with van der Waals surface area (Å²) in [6.07, 6.45) is 0.767. The number of carboxylic acid groups (broad SMARTS) is 1. The Morgan fingerprint density at radius 1 is 1.44 bits per heavy atom. The highest BCUT2D eigenvalue weighted by atomic mass is 16.5. The van der Waals surface area contributed by atoms with Crippen molar-refractivity contribution in [2.75, 3.05) is 7.11 Å². The SMILES string of the molecule is COc1cc(C=O)c(CC(C)(C)C(=O)O)cc1O. The number of carbonyl (C=O) groups is 2. The van der Waals surface area contributed by atoms with E-state index >= 15 is 0 Å². The molecule has 98 valence electrons. The summed E-state index contributed by atoms with van der Waals surface area (Å²) in [6.45, 7) is 3.12. The van der Waals surface area contributed by atoms with E-state index in [4.69, 9.17) is 9.84 Å². The fourth-order valence-corrected chi connectivity index (χ4v) is 1.61. The molecule has 0 radical (unpaired) electrons. The van der Waals surface area contributed by atoms with Gasteiger partial charge in [0.15, 0.2) is 11.5 Å². The quantitative estimate of drug-likeness (QED) is 0.781. The summed E-state index contributed by atoms with van der Waals surface area (Å²) >= 11 is 0. The minimum Gasteiger partial charge on any atom is -0.504 e. The van der Waals surface area contributed by atoms with Crippen LogP contribution in [0.4, 0.5) is 0 Å². The van der Waals surface area contributed by atoms with Crippen LogP contribution < -0.4 is 4.74 Å². The van der Waals surface area contributed by atoms with Crippen molar-refractivity contribution < 1.29 is 24.5 Å². The van der Waals surface area contributed by atoms with Crippen molar-refractivity contribution in [3.05, 3.63) is 23.3 Å². The standard InChI is InChI=1S/C13H16O5/c1-13(2,12(16)17)6-8-4-10(15)11(18-3)5-9(8)7-14/h4-5,7,15H,6H2,1-3H3,(H,16,17). The van der Waals surface area contributed by atoms with E-state index < -0.39 is 11.4 Å². The summed E-state index contributed by atoms with van der Waals surface area (Å²) in [5, 5.41) is 18.7. The summed E-state index contributed by atoms with van der Waals surface area (Å²) in [5.41, 5.74) is -0.214. The van der Waals surface area contributed by atoms with Crippen LogP contribution in [0.25, 0.3) is 0 Å². The lowest BCUT2D eigenvalue weighted by Crippen LogP contribution is -2.26. The molecule has 0 heterocycles. The van der Waals surface area contributed by atoms with Gasteiger partial charge in [0.2, 0.25) is 0 Å². The molecule has 5 nitrogen and oxygen atoms in total. The largest absolute Gasteiger partial charge is 0.504 e. The normalized spacial score (nSPS) is 11.1. The molecular formula is C13H16O5. The zero-order chi connectivity index (χ0) is 13.9. The van der Waals surface area contributed by atoms with E-state index in [0.717, 1.165) is 0 Å². The lowest BCUT2D eigenvalue weighted by Gasteiger charge is -2.20. The topological polar surface area (TPSA) is 83.8 Å². The van der Waals surface area contributed by atoms with Crippen LogP contribution in [0.2, 0.25) is 0 Å². The average molecular weight is 252 g/mol. The molecule has 1 aromatic rings. The third-order valence-electron chi connectivity index (χ3n) is 2.78. The highest BCUT2D eigenvalue weighted by Gasteiger charge is 2.28. The number of methoxy groups -OCH3 is 1. The Bertz CT molecular complexity index is 477. The molecule has 0 aliphatic rings. The predicted molar refractivity (Wildman–Crippen MR) is 65.2 cm³/mol. The molecular weight excluding hydrogens is 236 g/mol. The molecule has 0 fully saturated rings.